The fraction of sp³-hybridized carbons (Fsp3) is 0.0769. The van der Waals surface area contributed by atoms with E-state index in [0.717, 1.165) is 45.4 Å². The Balaban J connectivity index is 1.27. The van der Waals surface area contributed by atoms with E-state index in [1.165, 1.54) is 11.3 Å². The number of fused-ring (bicyclic) bond motifs is 3. The lowest BCUT2D eigenvalue weighted by Crippen LogP contribution is -2.08. The average molecular weight is 432 g/mol. The van der Waals surface area contributed by atoms with Crippen LogP contribution in [0.4, 0.5) is 5.69 Å². The smallest absolute Gasteiger partial charge is 0.138 e. The van der Waals surface area contributed by atoms with Gasteiger partial charge in [0, 0.05) is 59.6 Å². The number of nitrogens with zero attached hydrogens (tertiary/aromatic N) is 5. The number of aromatic amines is 1. The van der Waals surface area contributed by atoms with Crippen LogP contribution in [0.3, 0.4) is 0 Å². The first kappa shape index (κ1) is 19.2. The molecule has 6 aromatic rings. The van der Waals surface area contributed by atoms with E-state index in [2.05, 4.69) is 71.3 Å². The summed E-state index contributed by atoms with van der Waals surface area (Å²) in [5.41, 5.74) is 7.04. The quantitative estimate of drug-likeness (QED) is 0.386. The molecule has 0 aliphatic heterocycles. The first-order valence-electron chi connectivity index (χ1n) is 10.8. The predicted molar refractivity (Wildman–Crippen MR) is 130 cm³/mol. The van der Waals surface area contributed by atoms with Crippen LogP contribution in [0.5, 0.6) is 0 Å². The summed E-state index contributed by atoms with van der Waals surface area (Å²) < 4.78 is 2.23. The molecule has 6 heterocycles. The second-order valence-electron chi connectivity index (χ2n) is 7.94. The van der Waals surface area contributed by atoms with Crippen molar-refractivity contribution in [3.63, 3.8) is 0 Å². The maximum atomic E-state index is 4.64. The number of nitrogens with one attached hydrogen (secondary N) is 2. The number of hydrogen-bond acceptors (Lipinski definition) is 5. The zero-order chi connectivity index (χ0) is 22.0. The summed E-state index contributed by atoms with van der Waals surface area (Å²) >= 11 is 0. The molecule has 2 N–H and O–H groups in total. The van der Waals surface area contributed by atoms with E-state index in [1.54, 1.807) is 12.4 Å². The molecule has 6 rings (SSSR count). The summed E-state index contributed by atoms with van der Waals surface area (Å²) in [6.45, 7) is 1.49. The van der Waals surface area contributed by atoms with Crippen molar-refractivity contribution in [2.75, 3.05) is 5.32 Å². The molecule has 0 aliphatic rings. The molecule has 0 amide bonds. The van der Waals surface area contributed by atoms with Gasteiger partial charge in [-0.05, 0) is 48.0 Å². The van der Waals surface area contributed by atoms with Crippen molar-refractivity contribution < 1.29 is 0 Å². The van der Waals surface area contributed by atoms with Crippen LogP contribution in [0, 0.1) is 0 Å². The van der Waals surface area contributed by atoms with E-state index in [1.807, 2.05) is 43.0 Å². The van der Waals surface area contributed by atoms with Crippen molar-refractivity contribution in [1.29, 1.82) is 0 Å². The highest BCUT2D eigenvalue weighted by Crippen LogP contribution is 2.29. The minimum atomic E-state index is 0.700. The van der Waals surface area contributed by atoms with Gasteiger partial charge in [-0.2, -0.15) is 0 Å². The van der Waals surface area contributed by atoms with Crippen LogP contribution >= 0.6 is 0 Å². The Labute approximate surface area is 190 Å². The van der Waals surface area contributed by atoms with Gasteiger partial charge in [0.25, 0.3) is 0 Å². The van der Waals surface area contributed by atoms with Crippen LogP contribution in [-0.4, -0.2) is 29.5 Å². The van der Waals surface area contributed by atoms with Gasteiger partial charge in [-0.15, -0.1) is 0 Å². The van der Waals surface area contributed by atoms with Crippen molar-refractivity contribution in [3.05, 3.63) is 103 Å². The second kappa shape index (κ2) is 8.20. The second-order valence-corrected chi connectivity index (χ2v) is 7.94. The van der Waals surface area contributed by atoms with Crippen molar-refractivity contribution in [3.8, 4) is 11.3 Å². The fourth-order valence-electron chi connectivity index (χ4n) is 4.09. The Bertz CT molecular complexity index is 1540. The van der Waals surface area contributed by atoms with Gasteiger partial charge in [-0.3, -0.25) is 15.0 Å². The fourth-order valence-corrected chi connectivity index (χ4v) is 4.09. The molecule has 0 saturated carbocycles. The monoisotopic (exact) mass is 431 g/mol. The Hall–Kier alpha value is -4.52. The topological polar surface area (TPSA) is 84.3 Å². The van der Waals surface area contributed by atoms with E-state index in [4.69, 9.17) is 0 Å². The Morgan fingerprint density at radius 2 is 1.76 bits per heavy atom. The lowest BCUT2D eigenvalue weighted by Gasteiger charge is -2.11. The van der Waals surface area contributed by atoms with Crippen LogP contribution < -0.4 is 5.32 Å². The minimum Gasteiger partial charge on any atom is -0.378 e. The standard InChI is InChI=1S/C26H21N7/c1-4-18(12-27-7-1)17-33-9-3-6-21(33)15-29-20-10-23-22-11-24(19-5-2-8-28-13-19)30-16-25(22)32-26(23)31-14-20/h1-14,16,29H,15,17H2,(H,31,32). The number of pyridine rings is 4. The van der Waals surface area contributed by atoms with E-state index in [-0.39, 0.29) is 0 Å². The molecule has 0 aromatic carbocycles. The van der Waals surface area contributed by atoms with Crippen molar-refractivity contribution >= 4 is 27.6 Å². The molecule has 7 heteroatoms. The highest BCUT2D eigenvalue weighted by molar-refractivity contribution is 6.07. The van der Waals surface area contributed by atoms with Crippen LogP contribution in [0.25, 0.3) is 33.2 Å². The largest absolute Gasteiger partial charge is 0.378 e. The van der Waals surface area contributed by atoms with Gasteiger partial charge in [0.05, 0.1) is 35.8 Å². The van der Waals surface area contributed by atoms with Gasteiger partial charge in [-0.25, -0.2) is 4.98 Å². The number of aromatic nitrogens is 6. The zero-order valence-corrected chi connectivity index (χ0v) is 17.8. The van der Waals surface area contributed by atoms with E-state index in [0.29, 0.717) is 6.54 Å². The highest BCUT2D eigenvalue weighted by atomic mass is 15.0. The third kappa shape index (κ3) is 3.80. The Kier molecular flexibility index (Phi) is 4.77. The molecule has 7 nitrogen and oxygen atoms in total. The van der Waals surface area contributed by atoms with Crippen molar-refractivity contribution in [1.82, 2.24) is 29.5 Å². The molecular weight excluding hydrogens is 410 g/mol. The van der Waals surface area contributed by atoms with Gasteiger partial charge < -0.3 is 14.9 Å². The van der Waals surface area contributed by atoms with Gasteiger partial charge >= 0.3 is 0 Å². The molecule has 33 heavy (non-hydrogen) atoms. The summed E-state index contributed by atoms with van der Waals surface area (Å²) in [4.78, 5) is 21.0. The molecule has 0 radical (unpaired) electrons. The maximum Gasteiger partial charge on any atom is 0.138 e. The summed E-state index contributed by atoms with van der Waals surface area (Å²) in [6.07, 6.45) is 13.1. The number of H-pyrrole nitrogens is 1. The summed E-state index contributed by atoms with van der Waals surface area (Å²) in [5.74, 6) is 0. The molecular formula is C26H21N7. The molecule has 0 spiro atoms. The van der Waals surface area contributed by atoms with E-state index < -0.39 is 0 Å². The highest BCUT2D eigenvalue weighted by Gasteiger charge is 2.10. The van der Waals surface area contributed by atoms with Crippen LogP contribution in [0.15, 0.2) is 91.9 Å². The molecule has 0 fully saturated rings. The first-order chi connectivity index (χ1) is 16.3. The Morgan fingerprint density at radius 1 is 0.848 bits per heavy atom. The van der Waals surface area contributed by atoms with Crippen LogP contribution in [-0.2, 0) is 13.1 Å². The number of hydrogen-bond donors (Lipinski definition) is 2. The Morgan fingerprint density at radius 3 is 2.61 bits per heavy atom. The molecule has 6 aromatic heterocycles. The van der Waals surface area contributed by atoms with Crippen LogP contribution in [0.2, 0.25) is 0 Å². The minimum absolute atomic E-state index is 0.700. The van der Waals surface area contributed by atoms with Gasteiger partial charge in [-0.1, -0.05) is 6.07 Å². The van der Waals surface area contributed by atoms with Crippen LogP contribution in [0.1, 0.15) is 11.3 Å². The lowest BCUT2D eigenvalue weighted by atomic mass is 10.1. The average Bonchev–Trinajstić information content (AvgIpc) is 3.47. The number of rotatable bonds is 6. The summed E-state index contributed by atoms with van der Waals surface area (Å²) in [6, 6.07) is 16.4. The van der Waals surface area contributed by atoms with Crippen molar-refractivity contribution in [2.24, 2.45) is 0 Å². The third-order valence-electron chi connectivity index (χ3n) is 5.77. The van der Waals surface area contributed by atoms with E-state index >= 15 is 0 Å². The molecule has 0 bridgehead atoms. The van der Waals surface area contributed by atoms with E-state index in [9.17, 15) is 0 Å². The summed E-state index contributed by atoms with van der Waals surface area (Å²) in [7, 11) is 0. The van der Waals surface area contributed by atoms with Gasteiger partial charge in [0.2, 0.25) is 0 Å². The number of anilines is 1. The normalized spacial score (nSPS) is 11.3. The van der Waals surface area contributed by atoms with Gasteiger partial charge in [0.1, 0.15) is 5.65 Å². The SMILES string of the molecule is c1cncc(Cn2cccc2CNc2cnc3[nH]c4cnc(-c5cccnc5)cc4c3c2)c1. The first-order valence-corrected chi connectivity index (χ1v) is 10.8. The zero-order valence-electron chi connectivity index (χ0n) is 17.8. The molecule has 0 atom stereocenters. The summed E-state index contributed by atoms with van der Waals surface area (Å²) in [5, 5.41) is 5.68. The third-order valence-corrected chi connectivity index (χ3v) is 5.77. The van der Waals surface area contributed by atoms with Gasteiger partial charge in [0.15, 0.2) is 0 Å². The van der Waals surface area contributed by atoms with Crippen molar-refractivity contribution in [2.45, 2.75) is 13.1 Å². The molecule has 0 unspecified atom stereocenters. The maximum absolute atomic E-state index is 4.64. The lowest BCUT2D eigenvalue weighted by molar-refractivity contribution is 0.751. The predicted octanol–water partition coefficient (Wildman–Crippen LogP) is 5.03. The molecule has 0 aliphatic carbocycles. The molecule has 0 saturated heterocycles. The molecule has 160 valence electrons.